The molecule has 0 amide bonds. The number of rotatable bonds is 2. The van der Waals surface area contributed by atoms with Gasteiger partial charge in [-0.15, -0.1) is 0 Å². The van der Waals surface area contributed by atoms with E-state index < -0.39 is 0 Å². The van der Waals surface area contributed by atoms with Crippen molar-refractivity contribution in [2.75, 3.05) is 7.11 Å². The van der Waals surface area contributed by atoms with Gasteiger partial charge in [-0.25, -0.2) is 4.39 Å². The number of carbonyl (C=O) groups excluding carboxylic acids is 1. The maximum absolute atomic E-state index is 12.6. The summed E-state index contributed by atoms with van der Waals surface area (Å²) >= 11 is 0. The SMILES string of the molecule is C=C1C=C(F)C=CC1CC(=O)OC. The molecule has 0 heterocycles. The summed E-state index contributed by atoms with van der Waals surface area (Å²) in [7, 11) is 1.33. The van der Waals surface area contributed by atoms with Crippen LogP contribution >= 0.6 is 0 Å². The van der Waals surface area contributed by atoms with Crippen LogP contribution in [0.4, 0.5) is 4.39 Å². The Morgan fingerprint density at radius 3 is 3.00 bits per heavy atom. The topological polar surface area (TPSA) is 26.3 Å². The molecule has 0 fully saturated rings. The summed E-state index contributed by atoms with van der Waals surface area (Å²) in [4.78, 5) is 10.9. The molecule has 0 saturated carbocycles. The Kier molecular flexibility index (Phi) is 3.01. The van der Waals surface area contributed by atoms with Crippen molar-refractivity contribution in [3.05, 3.63) is 36.2 Å². The molecule has 3 heteroatoms. The van der Waals surface area contributed by atoms with Crippen LogP contribution in [0.5, 0.6) is 0 Å². The first-order valence-electron chi connectivity index (χ1n) is 3.94. The van der Waals surface area contributed by atoms with E-state index in [0.29, 0.717) is 5.57 Å². The number of ether oxygens (including phenoxy) is 1. The molecule has 0 bridgehead atoms. The van der Waals surface area contributed by atoms with Crippen molar-refractivity contribution in [1.29, 1.82) is 0 Å². The fraction of sp³-hybridized carbons (Fsp3) is 0.300. The molecule has 0 aromatic heterocycles. The molecular weight excluding hydrogens is 171 g/mol. The number of allylic oxidation sites excluding steroid dienone is 5. The second kappa shape index (κ2) is 4.03. The van der Waals surface area contributed by atoms with E-state index in [0.717, 1.165) is 0 Å². The van der Waals surface area contributed by atoms with Crippen molar-refractivity contribution in [1.82, 2.24) is 0 Å². The molecule has 0 radical (unpaired) electrons. The number of carbonyl (C=O) groups is 1. The Morgan fingerprint density at radius 1 is 1.77 bits per heavy atom. The highest BCUT2D eigenvalue weighted by Crippen LogP contribution is 2.24. The maximum Gasteiger partial charge on any atom is 0.306 e. The smallest absolute Gasteiger partial charge is 0.306 e. The van der Waals surface area contributed by atoms with Crippen molar-refractivity contribution < 1.29 is 13.9 Å². The first kappa shape index (κ1) is 9.71. The van der Waals surface area contributed by atoms with Gasteiger partial charge in [0.1, 0.15) is 5.83 Å². The predicted octanol–water partition coefficient (Wildman–Crippen LogP) is 2.15. The molecule has 2 nitrogen and oxygen atoms in total. The van der Waals surface area contributed by atoms with E-state index >= 15 is 0 Å². The van der Waals surface area contributed by atoms with Gasteiger partial charge in [-0.2, -0.15) is 0 Å². The third kappa shape index (κ3) is 2.54. The Balaban J connectivity index is 2.60. The molecule has 0 aromatic carbocycles. The zero-order chi connectivity index (χ0) is 9.84. The van der Waals surface area contributed by atoms with Crippen LogP contribution in [0.1, 0.15) is 6.42 Å². The van der Waals surface area contributed by atoms with Gasteiger partial charge in [-0.3, -0.25) is 4.79 Å². The van der Waals surface area contributed by atoms with Gasteiger partial charge < -0.3 is 4.74 Å². The number of halogens is 1. The lowest BCUT2D eigenvalue weighted by atomic mass is 9.92. The summed E-state index contributed by atoms with van der Waals surface area (Å²) in [5.74, 6) is -0.774. The van der Waals surface area contributed by atoms with Crippen molar-refractivity contribution in [3.63, 3.8) is 0 Å². The summed E-state index contributed by atoms with van der Waals surface area (Å²) in [6, 6.07) is 0. The fourth-order valence-corrected chi connectivity index (χ4v) is 1.13. The first-order valence-corrected chi connectivity index (χ1v) is 3.94. The zero-order valence-corrected chi connectivity index (χ0v) is 7.42. The second-order valence-electron chi connectivity index (χ2n) is 2.85. The predicted molar refractivity (Wildman–Crippen MR) is 47.6 cm³/mol. The molecule has 0 saturated heterocycles. The zero-order valence-electron chi connectivity index (χ0n) is 7.42. The van der Waals surface area contributed by atoms with Crippen molar-refractivity contribution in [2.24, 2.45) is 5.92 Å². The molecule has 13 heavy (non-hydrogen) atoms. The van der Waals surface area contributed by atoms with Crippen LogP contribution in [-0.2, 0) is 9.53 Å². The highest BCUT2D eigenvalue weighted by atomic mass is 19.1. The van der Waals surface area contributed by atoms with Crippen LogP contribution in [-0.4, -0.2) is 13.1 Å². The Morgan fingerprint density at radius 2 is 2.46 bits per heavy atom. The van der Waals surface area contributed by atoms with Gasteiger partial charge in [0, 0.05) is 5.92 Å². The van der Waals surface area contributed by atoms with Gasteiger partial charge in [0.05, 0.1) is 13.5 Å². The summed E-state index contributed by atoms with van der Waals surface area (Å²) in [5.41, 5.74) is 0.602. The average Bonchev–Trinajstić information content (AvgIpc) is 2.09. The van der Waals surface area contributed by atoms with E-state index in [4.69, 9.17) is 0 Å². The van der Waals surface area contributed by atoms with Crippen molar-refractivity contribution in [3.8, 4) is 0 Å². The monoisotopic (exact) mass is 182 g/mol. The molecule has 0 aliphatic heterocycles. The number of hydrogen-bond acceptors (Lipinski definition) is 2. The van der Waals surface area contributed by atoms with E-state index in [9.17, 15) is 9.18 Å². The van der Waals surface area contributed by atoms with E-state index in [2.05, 4.69) is 11.3 Å². The van der Waals surface area contributed by atoms with Crippen LogP contribution in [0.3, 0.4) is 0 Å². The number of hydrogen-bond donors (Lipinski definition) is 0. The Labute approximate surface area is 76.4 Å². The van der Waals surface area contributed by atoms with Crippen LogP contribution < -0.4 is 0 Å². The maximum atomic E-state index is 12.6. The van der Waals surface area contributed by atoms with Crippen molar-refractivity contribution in [2.45, 2.75) is 6.42 Å². The molecule has 1 aliphatic rings. The molecule has 0 N–H and O–H groups in total. The first-order chi connectivity index (χ1) is 6.13. The van der Waals surface area contributed by atoms with Gasteiger partial charge in [-0.1, -0.05) is 12.7 Å². The molecule has 0 aromatic rings. The summed E-state index contributed by atoms with van der Waals surface area (Å²) in [5, 5.41) is 0. The van der Waals surface area contributed by atoms with Gasteiger partial charge in [0.25, 0.3) is 0 Å². The standard InChI is InChI=1S/C10H11FO2/c1-7-5-9(11)4-3-8(7)6-10(12)13-2/h3-5,8H,1,6H2,2H3. The van der Waals surface area contributed by atoms with Gasteiger partial charge >= 0.3 is 5.97 Å². The van der Waals surface area contributed by atoms with Crippen molar-refractivity contribution >= 4 is 5.97 Å². The molecule has 1 aliphatic carbocycles. The molecule has 1 rings (SSSR count). The molecular formula is C10H11FO2. The molecule has 0 spiro atoms. The van der Waals surface area contributed by atoms with Gasteiger partial charge in [0.2, 0.25) is 0 Å². The largest absolute Gasteiger partial charge is 0.469 e. The number of methoxy groups -OCH3 is 1. The lowest BCUT2D eigenvalue weighted by Crippen LogP contribution is -2.10. The Hall–Kier alpha value is -1.38. The van der Waals surface area contributed by atoms with E-state index in [-0.39, 0.29) is 24.1 Å². The van der Waals surface area contributed by atoms with Gasteiger partial charge in [-0.05, 0) is 17.7 Å². The summed E-state index contributed by atoms with van der Waals surface area (Å²) in [6.07, 6.45) is 4.50. The molecule has 70 valence electrons. The fourth-order valence-electron chi connectivity index (χ4n) is 1.13. The van der Waals surface area contributed by atoms with Crippen LogP contribution in [0, 0.1) is 5.92 Å². The average molecular weight is 182 g/mol. The van der Waals surface area contributed by atoms with Crippen LogP contribution in [0.25, 0.3) is 0 Å². The van der Waals surface area contributed by atoms with Gasteiger partial charge in [0.15, 0.2) is 0 Å². The minimum absolute atomic E-state index is 0.132. The lowest BCUT2D eigenvalue weighted by molar-refractivity contribution is -0.141. The van der Waals surface area contributed by atoms with E-state index in [1.165, 1.54) is 19.3 Å². The number of esters is 1. The second-order valence-corrected chi connectivity index (χ2v) is 2.85. The molecule has 1 unspecified atom stereocenters. The highest BCUT2D eigenvalue weighted by molar-refractivity contribution is 5.70. The highest BCUT2D eigenvalue weighted by Gasteiger charge is 2.16. The van der Waals surface area contributed by atoms with Crippen LogP contribution in [0.15, 0.2) is 36.2 Å². The third-order valence-electron chi connectivity index (χ3n) is 1.90. The lowest BCUT2D eigenvalue weighted by Gasteiger charge is -2.14. The quantitative estimate of drug-likeness (QED) is 0.611. The third-order valence-corrected chi connectivity index (χ3v) is 1.90. The minimum atomic E-state index is -0.328. The van der Waals surface area contributed by atoms with Crippen LogP contribution in [0.2, 0.25) is 0 Å². The normalized spacial score (nSPS) is 21.2. The minimum Gasteiger partial charge on any atom is -0.469 e. The van der Waals surface area contributed by atoms with E-state index in [1.54, 1.807) is 6.08 Å². The summed E-state index contributed by atoms with van der Waals surface area (Å²) in [6.45, 7) is 3.66. The van der Waals surface area contributed by atoms with E-state index in [1.807, 2.05) is 0 Å². The Bertz CT molecular complexity index is 289. The summed E-state index contributed by atoms with van der Waals surface area (Å²) < 4.78 is 17.1. The molecule has 1 atom stereocenters.